The number of hydrogen-bond acceptors (Lipinski definition) is 3. The topological polar surface area (TPSA) is 56.0 Å². The summed E-state index contributed by atoms with van der Waals surface area (Å²) in [5.41, 5.74) is 7.95. The molecule has 0 saturated carbocycles. The Morgan fingerprint density at radius 3 is 2.58 bits per heavy atom. The molecule has 0 aliphatic rings. The van der Waals surface area contributed by atoms with Gasteiger partial charge in [0.15, 0.2) is 0 Å². The molecule has 0 spiro atoms. The second kappa shape index (κ2) is 5.63. The van der Waals surface area contributed by atoms with Crippen molar-refractivity contribution in [2.24, 2.45) is 5.73 Å². The Morgan fingerprint density at radius 1 is 1.26 bits per heavy atom. The van der Waals surface area contributed by atoms with Gasteiger partial charge in [-0.25, -0.2) is 4.98 Å². The monoisotopic (exact) mass is 292 g/mol. The van der Waals surface area contributed by atoms with E-state index in [9.17, 15) is 4.79 Å². The Balaban J connectivity index is 2.28. The fourth-order valence-electron chi connectivity index (χ4n) is 1.52. The molecule has 0 unspecified atom stereocenters. The maximum atomic E-state index is 11.0. The maximum absolute atomic E-state index is 11.0. The van der Waals surface area contributed by atoms with Crippen molar-refractivity contribution < 1.29 is 4.79 Å². The second-order valence-electron chi connectivity index (χ2n) is 4.22. The molecule has 0 radical (unpaired) electrons. The summed E-state index contributed by atoms with van der Waals surface area (Å²) in [6, 6.07) is 7.70. The van der Waals surface area contributed by atoms with Crippen LogP contribution in [0, 0.1) is 13.8 Å². The number of benzene rings is 1. The van der Waals surface area contributed by atoms with Crippen LogP contribution in [0.4, 0.5) is 0 Å². The van der Waals surface area contributed by atoms with Crippen LogP contribution in [-0.4, -0.2) is 10.9 Å². The van der Waals surface area contributed by atoms with Crippen LogP contribution in [0.3, 0.4) is 0 Å². The molecule has 0 atom stereocenters. The van der Waals surface area contributed by atoms with Gasteiger partial charge < -0.3 is 5.73 Å². The lowest BCUT2D eigenvalue weighted by atomic mass is 10.1. The van der Waals surface area contributed by atoms with Crippen molar-refractivity contribution >= 4 is 29.3 Å². The Hall–Kier alpha value is -1.52. The fourth-order valence-corrected chi connectivity index (χ4v) is 2.66. The Bertz CT molecular complexity index is 643. The number of halogens is 1. The van der Waals surface area contributed by atoms with Gasteiger partial charge in [0.2, 0.25) is 5.91 Å². The van der Waals surface area contributed by atoms with Crippen LogP contribution in [0.15, 0.2) is 40.4 Å². The van der Waals surface area contributed by atoms with Crippen molar-refractivity contribution in [2.75, 3.05) is 0 Å². The number of amides is 1. The molecule has 2 rings (SSSR count). The average molecular weight is 293 g/mol. The average Bonchev–Trinajstić information content (AvgIpc) is 2.36. The number of nitrogens with zero attached hydrogens (tertiary/aromatic N) is 1. The summed E-state index contributed by atoms with van der Waals surface area (Å²) < 4.78 is 0. The number of primary amides is 1. The van der Waals surface area contributed by atoms with Gasteiger partial charge in [-0.3, -0.25) is 4.79 Å². The zero-order chi connectivity index (χ0) is 14.0. The van der Waals surface area contributed by atoms with Crippen LogP contribution in [-0.2, 0) is 0 Å². The first-order valence-corrected chi connectivity index (χ1v) is 6.87. The summed E-state index contributed by atoms with van der Waals surface area (Å²) in [4.78, 5) is 16.3. The lowest BCUT2D eigenvalue weighted by molar-refractivity contribution is 0.1000. The number of hydrogen-bond donors (Lipinski definition) is 1. The molecule has 2 aromatic rings. The molecule has 19 heavy (non-hydrogen) atoms. The van der Waals surface area contributed by atoms with Crippen molar-refractivity contribution in [3.05, 3.63) is 52.2 Å². The van der Waals surface area contributed by atoms with Crippen LogP contribution < -0.4 is 5.73 Å². The second-order valence-corrected chi connectivity index (χ2v) is 5.69. The van der Waals surface area contributed by atoms with Gasteiger partial charge in [0.05, 0.1) is 10.6 Å². The Morgan fingerprint density at radius 2 is 2.00 bits per heavy atom. The number of carbonyl (C=O) groups is 1. The highest BCUT2D eigenvalue weighted by Crippen LogP contribution is 2.32. The first kappa shape index (κ1) is 13.9. The highest BCUT2D eigenvalue weighted by atomic mass is 35.5. The molecule has 0 fully saturated rings. The van der Waals surface area contributed by atoms with Crippen LogP contribution in [0.25, 0.3) is 0 Å². The maximum Gasteiger partial charge on any atom is 0.250 e. The third kappa shape index (κ3) is 3.28. The van der Waals surface area contributed by atoms with Gasteiger partial charge in [-0.1, -0.05) is 29.4 Å². The van der Waals surface area contributed by atoms with E-state index in [0.29, 0.717) is 15.6 Å². The molecule has 0 bridgehead atoms. The quantitative estimate of drug-likeness (QED) is 0.940. The highest BCUT2D eigenvalue weighted by molar-refractivity contribution is 7.99. The minimum atomic E-state index is -0.530. The molecule has 1 aromatic carbocycles. The van der Waals surface area contributed by atoms with Gasteiger partial charge in [0.25, 0.3) is 0 Å². The molecule has 1 heterocycles. The number of aryl methyl sites for hydroxylation is 2. The van der Waals surface area contributed by atoms with E-state index in [0.717, 1.165) is 4.90 Å². The normalized spacial score (nSPS) is 10.5. The summed E-state index contributed by atoms with van der Waals surface area (Å²) in [5.74, 6) is -0.530. The van der Waals surface area contributed by atoms with E-state index in [1.165, 1.54) is 29.1 Å². The standard InChI is InChI=1S/C14H13ClN2OS/c1-8-3-4-11(5-9(8)2)19-14-12(15)6-10(7-17-14)13(16)18/h3-7H,1-2H3,(H2,16,18). The number of rotatable bonds is 3. The molecular formula is C14H13ClN2OS. The number of aromatic nitrogens is 1. The van der Waals surface area contributed by atoms with Gasteiger partial charge >= 0.3 is 0 Å². The van der Waals surface area contributed by atoms with Gasteiger partial charge in [-0.2, -0.15) is 0 Å². The van der Waals surface area contributed by atoms with Crippen molar-refractivity contribution in [3.8, 4) is 0 Å². The van der Waals surface area contributed by atoms with E-state index in [-0.39, 0.29) is 0 Å². The molecule has 1 aromatic heterocycles. The lowest BCUT2D eigenvalue weighted by Crippen LogP contribution is -2.11. The van der Waals surface area contributed by atoms with Crippen molar-refractivity contribution in [1.29, 1.82) is 0 Å². The van der Waals surface area contributed by atoms with E-state index in [1.807, 2.05) is 6.07 Å². The zero-order valence-electron chi connectivity index (χ0n) is 10.6. The van der Waals surface area contributed by atoms with E-state index < -0.39 is 5.91 Å². The molecule has 0 aliphatic heterocycles. The number of pyridine rings is 1. The van der Waals surface area contributed by atoms with E-state index in [2.05, 4.69) is 31.0 Å². The Kier molecular flexibility index (Phi) is 4.12. The minimum absolute atomic E-state index is 0.314. The smallest absolute Gasteiger partial charge is 0.250 e. The van der Waals surface area contributed by atoms with Crippen LogP contribution >= 0.6 is 23.4 Å². The van der Waals surface area contributed by atoms with Gasteiger partial charge in [0, 0.05) is 11.1 Å². The molecule has 2 N–H and O–H groups in total. The summed E-state index contributed by atoms with van der Waals surface area (Å²) in [7, 11) is 0. The first-order valence-electron chi connectivity index (χ1n) is 5.68. The molecule has 98 valence electrons. The summed E-state index contributed by atoms with van der Waals surface area (Å²) >= 11 is 7.57. The van der Waals surface area contributed by atoms with Gasteiger partial charge in [-0.15, -0.1) is 0 Å². The number of carbonyl (C=O) groups excluding carboxylic acids is 1. The summed E-state index contributed by atoms with van der Waals surface area (Å²) in [5, 5.41) is 1.09. The van der Waals surface area contributed by atoms with Gasteiger partial charge in [-0.05, 0) is 43.2 Å². The van der Waals surface area contributed by atoms with Crippen molar-refractivity contribution in [2.45, 2.75) is 23.8 Å². The minimum Gasteiger partial charge on any atom is -0.366 e. The summed E-state index contributed by atoms with van der Waals surface area (Å²) in [6.45, 7) is 4.13. The van der Waals surface area contributed by atoms with Crippen molar-refractivity contribution in [3.63, 3.8) is 0 Å². The first-order chi connectivity index (χ1) is 8.97. The van der Waals surface area contributed by atoms with E-state index in [4.69, 9.17) is 17.3 Å². The zero-order valence-corrected chi connectivity index (χ0v) is 12.2. The van der Waals surface area contributed by atoms with Gasteiger partial charge in [0.1, 0.15) is 5.03 Å². The molecule has 1 amide bonds. The third-order valence-corrected chi connectivity index (χ3v) is 4.19. The molecule has 3 nitrogen and oxygen atoms in total. The van der Waals surface area contributed by atoms with E-state index in [1.54, 1.807) is 6.07 Å². The largest absolute Gasteiger partial charge is 0.366 e. The molecule has 5 heteroatoms. The molecular weight excluding hydrogens is 280 g/mol. The SMILES string of the molecule is Cc1ccc(Sc2ncc(C(N)=O)cc2Cl)cc1C. The van der Waals surface area contributed by atoms with E-state index >= 15 is 0 Å². The van der Waals surface area contributed by atoms with Crippen LogP contribution in [0.2, 0.25) is 5.02 Å². The van der Waals surface area contributed by atoms with Crippen LogP contribution in [0.1, 0.15) is 21.5 Å². The fraction of sp³-hybridized carbons (Fsp3) is 0.143. The predicted octanol–water partition coefficient (Wildman–Crippen LogP) is 3.60. The number of nitrogens with two attached hydrogens (primary N) is 1. The van der Waals surface area contributed by atoms with Crippen molar-refractivity contribution in [1.82, 2.24) is 4.98 Å². The Labute approximate surface area is 121 Å². The predicted molar refractivity (Wildman–Crippen MR) is 77.8 cm³/mol. The third-order valence-electron chi connectivity index (χ3n) is 2.78. The lowest BCUT2D eigenvalue weighted by Gasteiger charge is -2.06. The van der Waals surface area contributed by atoms with Crippen LogP contribution in [0.5, 0.6) is 0 Å². The molecule has 0 aliphatic carbocycles. The highest BCUT2D eigenvalue weighted by Gasteiger charge is 2.09. The summed E-state index contributed by atoms with van der Waals surface area (Å²) in [6.07, 6.45) is 1.44. The molecule has 0 saturated heterocycles.